The minimum Gasteiger partial charge on any atom is -0.422 e. The summed E-state index contributed by atoms with van der Waals surface area (Å²) in [6, 6.07) is 15.2. The lowest BCUT2D eigenvalue weighted by Crippen LogP contribution is -2.26. The average molecular weight is 393 g/mol. The highest BCUT2D eigenvalue weighted by molar-refractivity contribution is 6.04. The first-order valence-electron chi connectivity index (χ1n) is 8.71. The van der Waals surface area contributed by atoms with Gasteiger partial charge in [0.1, 0.15) is 12.3 Å². The molecule has 0 fully saturated rings. The monoisotopic (exact) mass is 393 g/mol. The van der Waals surface area contributed by atoms with Gasteiger partial charge < -0.3 is 15.0 Å². The number of carbonyl (C=O) groups excluding carboxylic acids is 3. The van der Waals surface area contributed by atoms with E-state index in [2.05, 4.69) is 15.6 Å². The van der Waals surface area contributed by atoms with Gasteiger partial charge >= 0.3 is 5.97 Å². The molecule has 0 aliphatic heterocycles. The number of benzene rings is 2. The molecule has 9 heteroatoms. The summed E-state index contributed by atoms with van der Waals surface area (Å²) in [7, 11) is 3.25. The zero-order valence-electron chi connectivity index (χ0n) is 15.9. The first-order chi connectivity index (χ1) is 13.9. The van der Waals surface area contributed by atoms with Gasteiger partial charge in [-0.15, -0.1) is 5.10 Å². The second-order valence-corrected chi connectivity index (χ2v) is 6.32. The fourth-order valence-electron chi connectivity index (χ4n) is 2.31. The molecule has 0 radical (unpaired) electrons. The van der Waals surface area contributed by atoms with Crippen molar-refractivity contribution in [2.45, 2.75) is 6.54 Å². The lowest BCUT2D eigenvalue weighted by atomic mass is 10.2. The third kappa shape index (κ3) is 5.25. The van der Waals surface area contributed by atoms with Crippen LogP contribution < -0.4 is 10.1 Å². The number of anilines is 1. The summed E-state index contributed by atoms with van der Waals surface area (Å²) in [6.45, 7) is -0.0247. The Labute approximate surface area is 166 Å². The number of hydrogen-bond donors (Lipinski definition) is 1. The quantitative estimate of drug-likeness (QED) is 0.506. The molecule has 1 N–H and O–H groups in total. The molecule has 1 aromatic heterocycles. The zero-order chi connectivity index (χ0) is 20.8. The van der Waals surface area contributed by atoms with E-state index < -0.39 is 5.97 Å². The van der Waals surface area contributed by atoms with Crippen LogP contribution in [0.5, 0.6) is 5.75 Å². The van der Waals surface area contributed by atoms with E-state index in [0.29, 0.717) is 11.3 Å². The summed E-state index contributed by atoms with van der Waals surface area (Å²) in [5, 5.41) is 10.2. The van der Waals surface area contributed by atoms with Gasteiger partial charge in [0, 0.05) is 25.3 Å². The topological polar surface area (TPSA) is 106 Å². The van der Waals surface area contributed by atoms with Crippen molar-refractivity contribution in [3.05, 3.63) is 72.1 Å². The fraction of sp³-hybridized carbons (Fsp3) is 0.150. The fourth-order valence-corrected chi connectivity index (χ4v) is 2.31. The third-order valence-electron chi connectivity index (χ3n) is 3.90. The number of nitrogens with zero attached hydrogens (tertiary/aromatic N) is 4. The van der Waals surface area contributed by atoms with Crippen molar-refractivity contribution in [2.75, 3.05) is 19.4 Å². The van der Waals surface area contributed by atoms with Crippen molar-refractivity contribution in [3.63, 3.8) is 0 Å². The molecule has 29 heavy (non-hydrogen) atoms. The van der Waals surface area contributed by atoms with E-state index in [0.717, 1.165) is 0 Å². The Morgan fingerprint density at radius 1 is 1.03 bits per heavy atom. The molecule has 0 bridgehead atoms. The van der Waals surface area contributed by atoms with Crippen molar-refractivity contribution in [1.82, 2.24) is 19.9 Å². The largest absolute Gasteiger partial charge is 0.422 e. The van der Waals surface area contributed by atoms with Crippen LogP contribution in [0.3, 0.4) is 0 Å². The van der Waals surface area contributed by atoms with Crippen LogP contribution in [-0.2, 0) is 11.3 Å². The predicted octanol–water partition coefficient (Wildman–Crippen LogP) is 1.84. The molecule has 0 unspecified atom stereocenters. The van der Waals surface area contributed by atoms with Crippen LogP contribution in [0, 0.1) is 0 Å². The lowest BCUT2D eigenvalue weighted by molar-refractivity contribution is -0.129. The molecule has 0 aliphatic carbocycles. The maximum Gasteiger partial charge on any atom is 0.365 e. The van der Waals surface area contributed by atoms with Gasteiger partial charge in [0.2, 0.25) is 5.91 Å². The van der Waals surface area contributed by atoms with Crippen LogP contribution in [-0.4, -0.2) is 51.8 Å². The maximum absolute atomic E-state index is 12.2. The predicted molar refractivity (Wildman–Crippen MR) is 105 cm³/mol. The highest BCUT2D eigenvalue weighted by Crippen LogP contribution is 2.17. The van der Waals surface area contributed by atoms with E-state index in [4.69, 9.17) is 4.74 Å². The Morgan fingerprint density at radius 3 is 2.38 bits per heavy atom. The number of esters is 1. The van der Waals surface area contributed by atoms with Gasteiger partial charge in [0.25, 0.3) is 5.91 Å². The molecule has 0 atom stereocenters. The molecule has 0 saturated carbocycles. The Kier molecular flexibility index (Phi) is 5.98. The van der Waals surface area contributed by atoms with E-state index in [1.165, 1.54) is 15.8 Å². The van der Waals surface area contributed by atoms with E-state index in [1.54, 1.807) is 62.6 Å². The van der Waals surface area contributed by atoms with Gasteiger partial charge in [-0.05, 0) is 36.4 Å². The number of hydrogen-bond acceptors (Lipinski definition) is 6. The van der Waals surface area contributed by atoms with Gasteiger partial charge in [-0.25, -0.2) is 9.48 Å². The van der Waals surface area contributed by atoms with E-state index in [9.17, 15) is 14.4 Å². The summed E-state index contributed by atoms with van der Waals surface area (Å²) in [5.74, 6) is -0.830. The first-order valence-corrected chi connectivity index (χ1v) is 8.71. The molecule has 2 aromatic carbocycles. The highest BCUT2D eigenvalue weighted by atomic mass is 16.5. The molecular formula is C20H19N5O4. The van der Waals surface area contributed by atoms with E-state index >= 15 is 0 Å². The second kappa shape index (κ2) is 8.79. The summed E-state index contributed by atoms with van der Waals surface area (Å²) in [5.41, 5.74) is 1.09. The van der Waals surface area contributed by atoms with Gasteiger partial charge in [0.15, 0.2) is 5.69 Å². The molecular weight excluding hydrogens is 374 g/mol. The van der Waals surface area contributed by atoms with Crippen LogP contribution >= 0.6 is 0 Å². The van der Waals surface area contributed by atoms with E-state index in [1.807, 2.05) is 6.07 Å². The average Bonchev–Trinajstić information content (AvgIpc) is 3.18. The maximum atomic E-state index is 12.2. The molecule has 0 spiro atoms. The SMILES string of the molecule is CN(C)C(=O)Cn1cc(C(=O)Oc2ccc(NC(=O)c3ccccc3)cc2)nn1. The Hall–Kier alpha value is -4.01. The smallest absolute Gasteiger partial charge is 0.365 e. The van der Waals surface area contributed by atoms with Crippen LogP contribution in [0.25, 0.3) is 0 Å². The Bertz CT molecular complexity index is 1010. The number of likely N-dealkylation sites (N-methyl/N-ethyl adjacent to an activating group) is 1. The summed E-state index contributed by atoms with van der Waals surface area (Å²) < 4.78 is 6.51. The minimum atomic E-state index is -0.699. The normalized spacial score (nSPS) is 10.3. The number of nitrogens with one attached hydrogen (secondary N) is 1. The number of rotatable bonds is 6. The number of amides is 2. The molecule has 0 saturated heterocycles. The lowest BCUT2D eigenvalue weighted by Gasteiger charge is -2.08. The molecule has 3 rings (SSSR count). The molecule has 0 aliphatic rings. The molecule has 2 amide bonds. The van der Waals surface area contributed by atoms with Crippen molar-refractivity contribution >= 4 is 23.5 Å². The van der Waals surface area contributed by atoms with Crippen LogP contribution in [0.4, 0.5) is 5.69 Å². The zero-order valence-corrected chi connectivity index (χ0v) is 15.9. The highest BCUT2D eigenvalue weighted by Gasteiger charge is 2.15. The van der Waals surface area contributed by atoms with Crippen molar-refractivity contribution in [1.29, 1.82) is 0 Å². The van der Waals surface area contributed by atoms with Gasteiger partial charge in [0.05, 0.1) is 6.20 Å². The Balaban J connectivity index is 1.58. The summed E-state index contributed by atoms with van der Waals surface area (Å²) in [4.78, 5) is 37.4. The first kappa shape index (κ1) is 19.7. The molecule has 1 heterocycles. The van der Waals surface area contributed by atoms with Gasteiger partial charge in [-0.2, -0.15) is 0 Å². The second-order valence-electron chi connectivity index (χ2n) is 6.32. The summed E-state index contributed by atoms with van der Waals surface area (Å²) in [6.07, 6.45) is 1.35. The minimum absolute atomic E-state index is 0.0157. The van der Waals surface area contributed by atoms with Crippen LogP contribution in [0.2, 0.25) is 0 Å². The molecule has 148 valence electrons. The van der Waals surface area contributed by atoms with Crippen molar-refractivity contribution < 1.29 is 19.1 Å². The van der Waals surface area contributed by atoms with Crippen LogP contribution in [0.1, 0.15) is 20.8 Å². The third-order valence-corrected chi connectivity index (χ3v) is 3.90. The van der Waals surface area contributed by atoms with Crippen LogP contribution in [0.15, 0.2) is 60.8 Å². The standard InChI is InChI=1S/C20H19N5O4/c1-24(2)18(26)13-25-12-17(22-23-25)20(28)29-16-10-8-15(9-11-16)21-19(27)14-6-4-3-5-7-14/h3-12H,13H2,1-2H3,(H,21,27). The summed E-state index contributed by atoms with van der Waals surface area (Å²) >= 11 is 0. The number of ether oxygens (including phenoxy) is 1. The number of aromatic nitrogens is 3. The van der Waals surface area contributed by atoms with Gasteiger partial charge in [-0.1, -0.05) is 23.4 Å². The Morgan fingerprint density at radius 2 is 1.72 bits per heavy atom. The van der Waals surface area contributed by atoms with Crippen molar-refractivity contribution in [2.24, 2.45) is 0 Å². The molecule has 9 nitrogen and oxygen atoms in total. The molecule has 3 aromatic rings. The number of carbonyl (C=O) groups is 3. The van der Waals surface area contributed by atoms with Gasteiger partial charge in [-0.3, -0.25) is 9.59 Å². The van der Waals surface area contributed by atoms with E-state index in [-0.39, 0.29) is 29.8 Å². The van der Waals surface area contributed by atoms with Crippen molar-refractivity contribution in [3.8, 4) is 5.75 Å².